The standard InChI is InChI=1S/C15H15F2N3O/c1-2-18-14-13(17)11(7-8-19-14)15(21)20-9-10-5-3-4-6-12(10)16/h3-8H,2,9H2,1H3,(H,18,19)(H,20,21). The molecule has 0 atom stereocenters. The first-order chi connectivity index (χ1) is 10.1. The molecule has 2 aromatic rings. The van der Waals surface area contributed by atoms with Gasteiger partial charge in [-0.15, -0.1) is 0 Å². The first kappa shape index (κ1) is 14.9. The van der Waals surface area contributed by atoms with Gasteiger partial charge in [-0.05, 0) is 19.1 Å². The number of benzene rings is 1. The van der Waals surface area contributed by atoms with Crippen molar-refractivity contribution in [3.8, 4) is 0 Å². The van der Waals surface area contributed by atoms with Gasteiger partial charge in [0.2, 0.25) is 0 Å². The highest BCUT2D eigenvalue weighted by Gasteiger charge is 2.15. The molecule has 0 unspecified atom stereocenters. The lowest BCUT2D eigenvalue weighted by molar-refractivity contribution is 0.0946. The Labute approximate surface area is 121 Å². The molecule has 0 aliphatic heterocycles. The smallest absolute Gasteiger partial charge is 0.254 e. The number of aromatic nitrogens is 1. The molecule has 1 amide bonds. The number of nitrogens with zero attached hydrogens (tertiary/aromatic N) is 1. The first-order valence-electron chi connectivity index (χ1n) is 6.53. The van der Waals surface area contributed by atoms with Gasteiger partial charge in [-0.3, -0.25) is 4.79 Å². The highest BCUT2D eigenvalue weighted by Crippen LogP contribution is 2.15. The van der Waals surface area contributed by atoms with Crippen LogP contribution in [0.5, 0.6) is 0 Å². The van der Waals surface area contributed by atoms with Crippen LogP contribution in [0.4, 0.5) is 14.6 Å². The molecule has 0 saturated carbocycles. The van der Waals surface area contributed by atoms with Crippen LogP contribution in [0.3, 0.4) is 0 Å². The average molecular weight is 291 g/mol. The number of hydrogen-bond donors (Lipinski definition) is 2. The number of nitrogens with one attached hydrogen (secondary N) is 2. The van der Waals surface area contributed by atoms with Crippen LogP contribution in [0.15, 0.2) is 36.5 Å². The summed E-state index contributed by atoms with van der Waals surface area (Å²) >= 11 is 0. The SMILES string of the molecule is CCNc1nccc(C(=O)NCc2ccccc2F)c1F. The van der Waals surface area contributed by atoms with Gasteiger partial charge in [0.05, 0.1) is 5.56 Å². The fourth-order valence-corrected chi connectivity index (χ4v) is 1.82. The number of halogens is 2. The van der Waals surface area contributed by atoms with Crippen molar-refractivity contribution in [2.24, 2.45) is 0 Å². The number of amides is 1. The van der Waals surface area contributed by atoms with Crippen LogP contribution in [0.25, 0.3) is 0 Å². The van der Waals surface area contributed by atoms with Crippen LogP contribution in [-0.4, -0.2) is 17.4 Å². The lowest BCUT2D eigenvalue weighted by Crippen LogP contribution is -2.25. The molecule has 0 aliphatic carbocycles. The summed E-state index contributed by atoms with van der Waals surface area (Å²) in [6, 6.07) is 7.37. The zero-order chi connectivity index (χ0) is 15.2. The van der Waals surface area contributed by atoms with Crippen molar-refractivity contribution in [2.75, 3.05) is 11.9 Å². The van der Waals surface area contributed by atoms with Crippen molar-refractivity contribution in [3.63, 3.8) is 0 Å². The van der Waals surface area contributed by atoms with Gasteiger partial charge in [0, 0.05) is 24.8 Å². The molecular weight excluding hydrogens is 276 g/mol. The molecule has 21 heavy (non-hydrogen) atoms. The summed E-state index contributed by atoms with van der Waals surface area (Å²) in [6.45, 7) is 2.28. The largest absolute Gasteiger partial charge is 0.368 e. The van der Waals surface area contributed by atoms with Gasteiger partial charge in [0.1, 0.15) is 5.82 Å². The van der Waals surface area contributed by atoms with Gasteiger partial charge in [-0.25, -0.2) is 13.8 Å². The van der Waals surface area contributed by atoms with E-state index in [0.717, 1.165) is 0 Å². The molecule has 1 aromatic heterocycles. The molecule has 0 aliphatic rings. The Balaban J connectivity index is 2.11. The maximum absolute atomic E-state index is 14.1. The van der Waals surface area contributed by atoms with Crippen LogP contribution >= 0.6 is 0 Å². The molecule has 6 heteroatoms. The Morgan fingerprint density at radius 1 is 1.24 bits per heavy atom. The topological polar surface area (TPSA) is 54.0 Å². The van der Waals surface area contributed by atoms with E-state index in [9.17, 15) is 13.6 Å². The second-order valence-electron chi connectivity index (χ2n) is 4.33. The Morgan fingerprint density at radius 2 is 2.00 bits per heavy atom. The summed E-state index contributed by atoms with van der Waals surface area (Å²) in [4.78, 5) is 15.8. The Hall–Kier alpha value is -2.50. The molecule has 2 rings (SSSR count). The van der Waals surface area contributed by atoms with Crippen LogP contribution in [-0.2, 0) is 6.54 Å². The van der Waals surface area contributed by atoms with Crippen LogP contribution < -0.4 is 10.6 Å². The van der Waals surface area contributed by atoms with E-state index in [4.69, 9.17) is 0 Å². The van der Waals surface area contributed by atoms with Crippen molar-refractivity contribution in [1.82, 2.24) is 10.3 Å². The van der Waals surface area contributed by atoms with E-state index in [-0.39, 0.29) is 17.9 Å². The van der Waals surface area contributed by atoms with Crippen LogP contribution in [0.1, 0.15) is 22.8 Å². The number of rotatable bonds is 5. The maximum atomic E-state index is 14.1. The zero-order valence-electron chi connectivity index (χ0n) is 11.5. The third-order valence-corrected chi connectivity index (χ3v) is 2.88. The summed E-state index contributed by atoms with van der Waals surface area (Å²) in [5.41, 5.74) is 0.213. The van der Waals surface area contributed by atoms with E-state index in [0.29, 0.717) is 12.1 Å². The van der Waals surface area contributed by atoms with Gasteiger partial charge in [-0.1, -0.05) is 18.2 Å². The monoisotopic (exact) mass is 291 g/mol. The molecule has 0 fully saturated rings. The van der Waals surface area contributed by atoms with E-state index >= 15 is 0 Å². The van der Waals surface area contributed by atoms with Crippen molar-refractivity contribution in [3.05, 3.63) is 59.3 Å². The first-order valence-corrected chi connectivity index (χ1v) is 6.53. The van der Waals surface area contributed by atoms with Crippen molar-refractivity contribution >= 4 is 11.7 Å². The summed E-state index contributed by atoms with van der Waals surface area (Å²) in [5, 5.41) is 5.22. The predicted molar refractivity (Wildman–Crippen MR) is 75.9 cm³/mol. The lowest BCUT2D eigenvalue weighted by Gasteiger charge is -2.09. The van der Waals surface area contributed by atoms with Gasteiger partial charge < -0.3 is 10.6 Å². The molecular formula is C15H15F2N3O. The molecule has 0 saturated heterocycles. The molecule has 4 nitrogen and oxygen atoms in total. The molecule has 1 aromatic carbocycles. The van der Waals surface area contributed by atoms with Gasteiger partial charge in [-0.2, -0.15) is 0 Å². The molecule has 1 heterocycles. The van der Waals surface area contributed by atoms with E-state index in [1.807, 2.05) is 0 Å². The number of carbonyl (C=O) groups excluding carboxylic acids is 1. The lowest BCUT2D eigenvalue weighted by atomic mass is 10.2. The molecule has 0 radical (unpaired) electrons. The van der Waals surface area contributed by atoms with Crippen LogP contribution in [0, 0.1) is 11.6 Å². The van der Waals surface area contributed by atoms with Crippen LogP contribution in [0.2, 0.25) is 0 Å². The molecule has 2 N–H and O–H groups in total. The normalized spacial score (nSPS) is 10.2. The summed E-state index contributed by atoms with van der Waals surface area (Å²) in [7, 11) is 0. The highest BCUT2D eigenvalue weighted by molar-refractivity contribution is 5.95. The van der Waals surface area contributed by atoms with E-state index in [1.54, 1.807) is 25.1 Å². The second-order valence-corrected chi connectivity index (χ2v) is 4.33. The summed E-state index contributed by atoms with van der Waals surface area (Å²) in [6.07, 6.45) is 1.35. The Kier molecular flexibility index (Phi) is 4.81. The van der Waals surface area contributed by atoms with E-state index in [2.05, 4.69) is 15.6 Å². The minimum absolute atomic E-state index is 0.0101. The van der Waals surface area contributed by atoms with E-state index in [1.165, 1.54) is 18.3 Å². The average Bonchev–Trinajstić information content (AvgIpc) is 2.48. The fourth-order valence-electron chi connectivity index (χ4n) is 1.82. The number of pyridine rings is 1. The summed E-state index contributed by atoms with van der Waals surface area (Å²) in [5.74, 6) is -1.72. The molecule has 110 valence electrons. The fraction of sp³-hybridized carbons (Fsp3) is 0.200. The molecule has 0 spiro atoms. The summed E-state index contributed by atoms with van der Waals surface area (Å²) < 4.78 is 27.5. The number of carbonyl (C=O) groups is 1. The third kappa shape index (κ3) is 3.53. The minimum atomic E-state index is -0.717. The van der Waals surface area contributed by atoms with Gasteiger partial charge in [0.15, 0.2) is 11.6 Å². The van der Waals surface area contributed by atoms with Crippen molar-refractivity contribution in [2.45, 2.75) is 13.5 Å². The highest BCUT2D eigenvalue weighted by atomic mass is 19.1. The predicted octanol–water partition coefficient (Wildman–Crippen LogP) is 2.72. The Morgan fingerprint density at radius 3 is 2.71 bits per heavy atom. The molecule has 0 bridgehead atoms. The van der Waals surface area contributed by atoms with Gasteiger partial charge >= 0.3 is 0 Å². The minimum Gasteiger partial charge on any atom is -0.368 e. The Bertz CT molecular complexity index is 647. The van der Waals surface area contributed by atoms with E-state index < -0.39 is 17.5 Å². The second kappa shape index (κ2) is 6.78. The maximum Gasteiger partial charge on any atom is 0.254 e. The zero-order valence-corrected chi connectivity index (χ0v) is 11.5. The van der Waals surface area contributed by atoms with Gasteiger partial charge in [0.25, 0.3) is 5.91 Å². The van der Waals surface area contributed by atoms with Crippen molar-refractivity contribution < 1.29 is 13.6 Å². The number of hydrogen-bond acceptors (Lipinski definition) is 3. The number of anilines is 1. The quantitative estimate of drug-likeness (QED) is 0.890. The van der Waals surface area contributed by atoms with Crippen molar-refractivity contribution in [1.29, 1.82) is 0 Å². The third-order valence-electron chi connectivity index (χ3n) is 2.88.